The molecular weight excluding hydrogens is 284 g/mol. The van der Waals surface area contributed by atoms with Crippen LogP contribution in [0.3, 0.4) is 0 Å². The molecule has 0 aliphatic carbocycles. The number of hydrogen-bond donors (Lipinski definition) is 2. The van der Waals surface area contributed by atoms with Crippen molar-refractivity contribution < 1.29 is 14.8 Å². The number of carboxylic acids is 1. The fourth-order valence-electron chi connectivity index (χ4n) is 1.89. The average Bonchev–Trinajstić information content (AvgIpc) is 2.35. The summed E-state index contributed by atoms with van der Waals surface area (Å²) in [7, 11) is 0. The number of nitrogens with one attached hydrogen (secondary N) is 1. The van der Waals surface area contributed by atoms with Gasteiger partial charge in [0, 0.05) is 18.2 Å². The summed E-state index contributed by atoms with van der Waals surface area (Å²) in [5, 5.41) is 22.8. The van der Waals surface area contributed by atoms with Gasteiger partial charge in [-0.25, -0.2) is 0 Å². The first-order chi connectivity index (χ1) is 8.97. The van der Waals surface area contributed by atoms with E-state index in [2.05, 4.69) is 5.32 Å². The molecule has 1 atom stereocenters. The summed E-state index contributed by atoms with van der Waals surface area (Å²) in [6, 6.07) is 4.20. The van der Waals surface area contributed by atoms with Gasteiger partial charge >= 0.3 is 5.97 Å². The number of carboxylic acid groups (broad SMARTS) is 1. The van der Waals surface area contributed by atoms with Crippen molar-refractivity contribution in [2.24, 2.45) is 0 Å². The molecule has 0 aromatic heterocycles. The summed E-state index contributed by atoms with van der Waals surface area (Å²) in [6.07, 6.45) is 1.29. The van der Waals surface area contributed by atoms with Crippen molar-refractivity contribution in [2.45, 2.75) is 39.3 Å². The van der Waals surface area contributed by atoms with Gasteiger partial charge in [0.1, 0.15) is 6.04 Å². The maximum atomic E-state index is 11.0. The first kappa shape index (κ1) is 18.3. The van der Waals surface area contributed by atoms with Crippen LogP contribution in [0.4, 0.5) is 5.69 Å². The highest BCUT2D eigenvalue weighted by Gasteiger charge is 2.17. The number of hydrogen-bond acceptors (Lipinski definition) is 4. The minimum absolute atomic E-state index is 0. The summed E-state index contributed by atoms with van der Waals surface area (Å²) in [5.74, 6) is -0.898. The predicted octanol–water partition coefficient (Wildman–Crippen LogP) is 2.67. The second-order valence-corrected chi connectivity index (χ2v) is 4.38. The summed E-state index contributed by atoms with van der Waals surface area (Å²) >= 11 is 0. The highest BCUT2D eigenvalue weighted by Crippen LogP contribution is 2.21. The number of nitro groups is 1. The van der Waals surface area contributed by atoms with Gasteiger partial charge in [-0.05, 0) is 18.9 Å². The van der Waals surface area contributed by atoms with Gasteiger partial charge in [0.25, 0.3) is 5.69 Å². The van der Waals surface area contributed by atoms with Gasteiger partial charge in [-0.3, -0.25) is 14.9 Å². The molecule has 6 nitrogen and oxygen atoms in total. The standard InChI is InChI=1S/C13H18N2O4.ClH/c1-3-5-11(13(16)17)14-8-10-6-4-7-12(9(10)2)15(18)19;/h4,6-7,11,14H,3,5,8H2,1-2H3,(H,16,17);1H. The lowest BCUT2D eigenvalue weighted by Gasteiger charge is -2.14. The van der Waals surface area contributed by atoms with Gasteiger partial charge in [-0.2, -0.15) is 0 Å². The fourth-order valence-corrected chi connectivity index (χ4v) is 1.89. The van der Waals surface area contributed by atoms with Gasteiger partial charge in [-0.15, -0.1) is 12.4 Å². The average molecular weight is 303 g/mol. The fraction of sp³-hybridized carbons (Fsp3) is 0.462. The summed E-state index contributed by atoms with van der Waals surface area (Å²) in [6.45, 7) is 3.89. The molecule has 1 rings (SSSR count). The highest BCUT2D eigenvalue weighted by molar-refractivity contribution is 5.85. The lowest BCUT2D eigenvalue weighted by molar-refractivity contribution is -0.385. The Kier molecular flexibility index (Phi) is 7.79. The van der Waals surface area contributed by atoms with Gasteiger partial charge in [0.05, 0.1) is 4.92 Å². The van der Waals surface area contributed by atoms with Crippen LogP contribution in [0.15, 0.2) is 18.2 Å². The second-order valence-electron chi connectivity index (χ2n) is 4.38. The van der Waals surface area contributed by atoms with E-state index in [0.717, 1.165) is 12.0 Å². The molecule has 2 N–H and O–H groups in total. The first-order valence-corrected chi connectivity index (χ1v) is 6.16. The monoisotopic (exact) mass is 302 g/mol. The molecule has 1 aromatic carbocycles. The van der Waals surface area contributed by atoms with Crippen LogP contribution in [-0.4, -0.2) is 22.0 Å². The van der Waals surface area contributed by atoms with Crippen LogP contribution in [0.1, 0.15) is 30.9 Å². The quantitative estimate of drug-likeness (QED) is 0.596. The van der Waals surface area contributed by atoms with Crippen molar-refractivity contribution in [3.8, 4) is 0 Å². The first-order valence-electron chi connectivity index (χ1n) is 6.16. The van der Waals surface area contributed by atoms with Gasteiger partial charge in [-0.1, -0.05) is 25.5 Å². The van der Waals surface area contributed by atoms with Gasteiger partial charge in [0.15, 0.2) is 0 Å². The minimum Gasteiger partial charge on any atom is -0.480 e. The number of rotatable bonds is 7. The molecule has 1 aromatic rings. The van der Waals surface area contributed by atoms with Crippen molar-refractivity contribution in [3.63, 3.8) is 0 Å². The molecule has 0 fully saturated rings. The Labute approximate surface area is 123 Å². The molecule has 0 heterocycles. The van der Waals surface area contributed by atoms with E-state index < -0.39 is 16.9 Å². The Morgan fingerprint density at radius 2 is 2.15 bits per heavy atom. The zero-order valence-electron chi connectivity index (χ0n) is 11.5. The van der Waals surface area contributed by atoms with E-state index in [1.807, 2.05) is 6.92 Å². The third-order valence-electron chi connectivity index (χ3n) is 3.03. The third-order valence-corrected chi connectivity index (χ3v) is 3.03. The maximum absolute atomic E-state index is 11.0. The van der Waals surface area contributed by atoms with Crippen LogP contribution in [0.25, 0.3) is 0 Å². The van der Waals surface area contributed by atoms with Crippen molar-refractivity contribution in [3.05, 3.63) is 39.4 Å². The Hall–Kier alpha value is -1.66. The van der Waals surface area contributed by atoms with Crippen LogP contribution >= 0.6 is 12.4 Å². The molecule has 0 amide bonds. The van der Waals surface area contributed by atoms with Crippen molar-refractivity contribution in [2.75, 3.05) is 0 Å². The van der Waals surface area contributed by atoms with E-state index in [9.17, 15) is 14.9 Å². The van der Waals surface area contributed by atoms with E-state index in [1.54, 1.807) is 19.1 Å². The molecule has 0 radical (unpaired) electrons. The molecule has 0 spiro atoms. The topological polar surface area (TPSA) is 92.5 Å². The third kappa shape index (κ3) is 4.79. The van der Waals surface area contributed by atoms with Crippen LogP contribution in [0.2, 0.25) is 0 Å². The number of carbonyl (C=O) groups is 1. The minimum atomic E-state index is -0.898. The van der Waals surface area contributed by atoms with Crippen molar-refractivity contribution in [1.82, 2.24) is 5.32 Å². The Morgan fingerprint density at radius 1 is 1.50 bits per heavy atom. The SMILES string of the molecule is CCCC(NCc1cccc([N+](=O)[O-])c1C)C(=O)O.Cl. The summed E-state index contributed by atoms with van der Waals surface area (Å²) < 4.78 is 0. The van der Waals surface area contributed by atoms with Crippen LogP contribution in [0, 0.1) is 17.0 Å². The highest BCUT2D eigenvalue weighted by atomic mass is 35.5. The molecule has 112 valence electrons. The number of halogens is 1. The molecule has 7 heteroatoms. The van der Waals surface area contributed by atoms with Crippen molar-refractivity contribution >= 4 is 24.1 Å². The molecule has 20 heavy (non-hydrogen) atoms. The van der Waals surface area contributed by atoms with E-state index in [-0.39, 0.29) is 18.1 Å². The number of nitrogens with zero attached hydrogens (tertiary/aromatic N) is 1. The van der Waals surface area contributed by atoms with Crippen LogP contribution in [0.5, 0.6) is 0 Å². The zero-order valence-corrected chi connectivity index (χ0v) is 12.3. The molecule has 0 bridgehead atoms. The van der Waals surface area contributed by atoms with E-state index in [0.29, 0.717) is 18.5 Å². The number of benzene rings is 1. The molecule has 0 saturated heterocycles. The normalized spacial score (nSPS) is 11.5. The molecule has 0 aliphatic rings. The summed E-state index contributed by atoms with van der Waals surface area (Å²) in [5.41, 5.74) is 1.37. The zero-order chi connectivity index (χ0) is 14.4. The number of nitro benzene ring substituents is 1. The van der Waals surface area contributed by atoms with E-state index in [1.165, 1.54) is 6.07 Å². The molecule has 1 unspecified atom stereocenters. The Balaban J connectivity index is 0.00000361. The second kappa shape index (κ2) is 8.50. The van der Waals surface area contributed by atoms with Gasteiger partial charge < -0.3 is 10.4 Å². The Bertz CT molecular complexity index is 479. The van der Waals surface area contributed by atoms with Gasteiger partial charge in [0.2, 0.25) is 0 Å². The summed E-state index contributed by atoms with van der Waals surface area (Å²) in [4.78, 5) is 21.4. The lowest BCUT2D eigenvalue weighted by atomic mass is 10.1. The van der Waals surface area contributed by atoms with Crippen LogP contribution in [-0.2, 0) is 11.3 Å². The predicted molar refractivity (Wildman–Crippen MR) is 78.3 cm³/mol. The largest absolute Gasteiger partial charge is 0.480 e. The molecule has 0 saturated carbocycles. The molecule has 0 aliphatic heterocycles. The number of aliphatic carboxylic acids is 1. The molecular formula is C13H19ClN2O4. The smallest absolute Gasteiger partial charge is 0.320 e. The van der Waals surface area contributed by atoms with E-state index >= 15 is 0 Å². The van der Waals surface area contributed by atoms with Crippen LogP contribution < -0.4 is 5.32 Å². The van der Waals surface area contributed by atoms with E-state index in [4.69, 9.17) is 5.11 Å². The van der Waals surface area contributed by atoms with Crippen molar-refractivity contribution in [1.29, 1.82) is 0 Å². The lowest BCUT2D eigenvalue weighted by Crippen LogP contribution is -2.36. The Morgan fingerprint density at radius 3 is 2.65 bits per heavy atom. The maximum Gasteiger partial charge on any atom is 0.320 e.